The lowest BCUT2D eigenvalue weighted by molar-refractivity contribution is -0.149. The van der Waals surface area contributed by atoms with E-state index in [1.165, 1.54) is 16.1 Å². The van der Waals surface area contributed by atoms with Crippen molar-refractivity contribution in [3.8, 4) is 0 Å². The summed E-state index contributed by atoms with van der Waals surface area (Å²) in [5, 5.41) is 26.6. The minimum Gasteiger partial charge on any atom is -0.617 e. The summed E-state index contributed by atoms with van der Waals surface area (Å²) in [6.45, 7) is 14.8. The van der Waals surface area contributed by atoms with Crippen molar-refractivity contribution in [3.05, 3.63) is 71.8 Å². The number of benzene rings is 2. The van der Waals surface area contributed by atoms with E-state index in [4.69, 9.17) is 5.73 Å². The van der Waals surface area contributed by atoms with E-state index >= 15 is 0 Å². The van der Waals surface area contributed by atoms with Crippen molar-refractivity contribution in [1.82, 2.24) is 41.7 Å². The van der Waals surface area contributed by atoms with Gasteiger partial charge in [0, 0.05) is 32.4 Å². The quantitative estimate of drug-likeness (QED) is 0.0545. The molecule has 9 N–H and O–H groups in total. The number of hydrogen-bond acceptors (Lipinski definition) is 11. The van der Waals surface area contributed by atoms with Crippen LogP contribution in [-0.2, 0) is 67.2 Å². The van der Waals surface area contributed by atoms with Crippen molar-refractivity contribution in [1.29, 1.82) is 0 Å². The highest BCUT2D eigenvalue weighted by molar-refractivity contribution is 7.90. The third-order valence-electron chi connectivity index (χ3n) is 14.7. The highest BCUT2D eigenvalue weighted by Gasteiger charge is 2.45. The SMILES string of the molecule is CC[C@H](C)[C@H](NC(=O)[C@@H](NC(=O)[C@H](Cc1ccccc1)NC(=O)[C@H](Cc1ccccc1)NC(=O)[C@@H]1CCCN1C(=O)[C@@H]1CCCN1C(=O)[C@@H](NC(=O)[C@H](CC(C)C)NC(=O)[C@@H](N)CC[S+](C)[O-])[C@@H](C)CC)C(C)C)C(=O)O. The Bertz CT molecular complexity index is 2310. The summed E-state index contributed by atoms with van der Waals surface area (Å²) in [4.78, 5) is 129. The third kappa shape index (κ3) is 18.8. The molecule has 21 heteroatoms. The second-order valence-corrected chi connectivity index (χ2v) is 23.1. The molecule has 77 heavy (non-hydrogen) atoms. The van der Waals surface area contributed by atoms with E-state index in [1.54, 1.807) is 81.4 Å². The molecule has 2 aromatic rings. The molecule has 2 heterocycles. The first-order chi connectivity index (χ1) is 36.5. The molecule has 1 unspecified atom stereocenters. The molecule has 426 valence electrons. The first-order valence-electron chi connectivity index (χ1n) is 27.3. The Balaban J connectivity index is 1.57. The number of aliphatic carboxylic acids is 1. The van der Waals surface area contributed by atoms with Crippen LogP contribution in [0.5, 0.6) is 0 Å². The number of amides is 8. The lowest BCUT2D eigenvalue weighted by Gasteiger charge is -2.35. The van der Waals surface area contributed by atoms with Crippen LogP contribution in [0.1, 0.15) is 118 Å². The second kappa shape index (κ2) is 30.8. The molecule has 8 amide bonds. The van der Waals surface area contributed by atoms with Gasteiger partial charge in [0.15, 0.2) is 0 Å². The first-order valence-corrected chi connectivity index (χ1v) is 29.0. The molecule has 0 aromatic heterocycles. The van der Waals surface area contributed by atoms with Gasteiger partial charge >= 0.3 is 5.97 Å². The Morgan fingerprint density at radius 3 is 1.61 bits per heavy atom. The summed E-state index contributed by atoms with van der Waals surface area (Å²) in [5.74, 6) is -7.06. The number of nitrogens with one attached hydrogen (secondary N) is 6. The molecule has 2 aromatic carbocycles. The number of likely N-dealkylation sites (tertiary alicyclic amines) is 2. The van der Waals surface area contributed by atoms with Crippen LogP contribution in [0.4, 0.5) is 0 Å². The van der Waals surface area contributed by atoms with Crippen LogP contribution in [-0.4, -0.2) is 152 Å². The van der Waals surface area contributed by atoms with Crippen LogP contribution in [0.2, 0.25) is 0 Å². The number of nitrogens with two attached hydrogens (primary N) is 1. The summed E-state index contributed by atoms with van der Waals surface area (Å²) in [5.41, 5.74) is 7.47. The van der Waals surface area contributed by atoms with Gasteiger partial charge in [0.2, 0.25) is 47.3 Å². The van der Waals surface area contributed by atoms with E-state index < -0.39 is 131 Å². The van der Waals surface area contributed by atoms with Gasteiger partial charge in [-0.3, -0.25) is 38.4 Å². The number of carboxylic acids is 1. The lowest BCUT2D eigenvalue weighted by Crippen LogP contribution is -2.61. The predicted molar refractivity (Wildman–Crippen MR) is 294 cm³/mol. The van der Waals surface area contributed by atoms with E-state index in [2.05, 4.69) is 31.9 Å². The van der Waals surface area contributed by atoms with Crippen molar-refractivity contribution in [3.63, 3.8) is 0 Å². The van der Waals surface area contributed by atoms with Gasteiger partial charge in [-0.2, -0.15) is 0 Å². The van der Waals surface area contributed by atoms with Gasteiger partial charge in [0.05, 0.1) is 12.3 Å². The smallest absolute Gasteiger partial charge is 0.326 e. The number of carbonyl (C=O) groups excluding carboxylic acids is 8. The lowest BCUT2D eigenvalue weighted by atomic mass is 9.95. The van der Waals surface area contributed by atoms with Crippen LogP contribution < -0.4 is 37.6 Å². The van der Waals surface area contributed by atoms with Crippen molar-refractivity contribution < 1.29 is 52.8 Å². The predicted octanol–water partition coefficient (Wildman–Crippen LogP) is 2.34. The minimum absolute atomic E-state index is 0.00161. The van der Waals surface area contributed by atoms with E-state index in [-0.39, 0.29) is 62.8 Å². The van der Waals surface area contributed by atoms with Gasteiger partial charge < -0.3 is 57.1 Å². The van der Waals surface area contributed by atoms with E-state index in [0.717, 1.165) is 0 Å². The molecular formula is C56H85N9O11S. The molecule has 2 aliphatic heterocycles. The zero-order valence-corrected chi connectivity index (χ0v) is 47.2. The summed E-state index contributed by atoms with van der Waals surface area (Å²) in [6, 6.07) is 7.95. The van der Waals surface area contributed by atoms with Crippen LogP contribution >= 0.6 is 0 Å². The van der Waals surface area contributed by atoms with E-state index in [0.29, 0.717) is 43.2 Å². The van der Waals surface area contributed by atoms with E-state index in [1.807, 2.05) is 34.6 Å². The normalized spacial score (nSPS) is 19.3. The first kappa shape index (κ1) is 63.5. The molecule has 12 atom stereocenters. The summed E-state index contributed by atoms with van der Waals surface area (Å²) < 4.78 is 11.7. The van der Waals surface area contributed by atoms with Gasteiger partial charge in [-0.1, -0.05) is 140 Å². The molecule has 2 aliphatic rings. The number of hydrogen-bond donors (Lipinski definition) is 8. The molecule has 0 radical (unpaired) electrons. The monoisotopic (exact) mass is 1090 g/mol. The van der Waals surface area contributed by atoms with Crippen LogP contribution in [0.25, 0.3) is 0 Å². The molecule has 0 saturated carbocycles. The zero-order valence-electron chi connectivity index (χ0n) is 46.4. The molecule has 0 spiro atoms. The van der Waals surface area contributed by atoms with Crippen molar-refractivity contribution in [2.75, 3.05) is 25.1 Å². The van der Waals surface area contributed by atoms with Crippen LogP contribution in [0, 0.1) is 23.7 Å². The Morgan fingerprint density at radius 1 is 0.623 bits per heavy atom. The molecule has 20 nitrogen and oxygen atoms in total. The van der Waals surface area contributed by atoms with Gasteiger partial charge in [-0.25, -0.2) is 4.79 Å². The maximum Gasteiger partial charge on any atom is 0.326 e. The summed E-state index contributed by atoms with van der Waals surface area (Å²) >= 11 is -1.17. The molecular weight excluding hydrogens is 1010 g/mol. The topological polar surface area (TPSA) is 302 Å². The molecule has 2 fully saturated rings. The van der Waals surface area contributed by atoms with Crippen molar-refractivity contribution >= 4 is 64.4 Å². The molecule has 4 rings (SSSR count). The third-order valence-corrected chi connectivity index (χ3v) is 15.5. The number of carboxylic acid groups (broad SMARTS) is 1. The fourth-order valence-corrected chi connectivity index (χ4v) is 10.3. The average Bonchev–Trinajstić information content (AvgIpc) is 4.11. The van der Waals surface area contributed by atoms with Crippen molar-refractivity contribution in [2.24, 2.45) is 29.4 Å². The number of carbonyl (C=O) groups is 9. The zero-order chi connectivity index (χ0) is 57.1. The Hall–Kier alpha value is -6.06. The number of nitrogens with zero attached hydrogens (tertiary/aromatic N) is 2. The molecule has 2 saturated heterocycles. The van der Waals surface area contributed by atoms with Crippen LogP contribution in [0.15, 0.2) is 60.7 Å². The molecule has 0 bridgehead atoms. The van der Waals surface area contributed by atoms with Gasteiger partial charge in [-0.05, 0) is 66.9 Å². The Morgan fingerprint density at radius 2 is 1.09 bits per heavy atom. The average molecular weight is 1090 g/mol. The largest absolute Gasteiger partial charge is 0.617 e. The number of rotatable bonds is 29. The summed E-state index contributed by atoms with van der Waals surface area (Å²) in [7, 11) is 0. The van der Waals surface area contributed by atoms with Gasteiger partial charge in [0.1, 0.15) is 54.1 Å². The highest BCUT2D eigenvalue weighted by atomic mass is 32.2. The highest BCUT2D eigenvalue weighted by Crippen LogP contribution is 2.27. The maximum atomic E-state index is 14.7. The second-order valence-electron chi connectivity index (χ2n) is 21.6. The fraction of sp³-hybridized carbons (Fsp3) is 0.625. The van der Waals surface area contributed by atoms with E-state index in [9.17, 15) is 52.8 Å². The van der Waals surface area contributed by atoms with Crippen LogP contribution in [0.3, 0.4) is 0 Å². The molecule has 0 aliphatic carbocycles. The van der Waals surface area contributed by atoms with Crippen molar-refractivity contribution in [2.45, 2.75) is 174 Å². The van der Waals surface area contributed by atoms with Gasteiger partial charge in [-0.15, -0.1) is 0 Å². The standard InChI is InChI=1S/C56H85N9O11S/c1-10-35(7)46(62-50(68)40(30-33(3)4)58-48(66)39(57)26-29-77(9)76)55(73)65-28-19-25-44(65)54(72)64-27-18-24-43(64)52(70)60-41(31-37-20-14-12-15-21-37)49(67)59-42(32-38-22-16-13-17-23-38)51(69)61-45(34(5)6)53(71)63-47(56(74)75)36(8)11-2/h12-17,20-23,33-36,39-47H,10-11,18-19,24-32,57H2,1-9H3,(H,58,66)(H,59,67)(H,60,70)(H,61,69)(H,62,68)(H,63,71)(H,74,75)/t35-,36-,39-,40-,41-,42-,43-,44-,45-,46-,47-,77?/m0/s1. The fourth-order valence-electron chi connectivity index (χ4n) is 9.68. The Kier molecular flexibility index (Phi) is 25.4. The van der Waals surface area contributed by atoms with Gasteiger partial charge in [0.25, 0.3) is 0 Å². The summed E-state index contributed by atoms with van der Waals surface area (Å²) in [6.07, 6.45) is 4.43. The minimum atomic E-state index is -1.26. The maximum absolute atomic E-state index is 14.7. The Labute approximate surface area is 457 Å².